The highest BCUT2D eigenvalue weighted by Crippen LogP contribution is 2.34. The summed E-state index contributed by atoms with van der Waals surface area (Å²) in [6.07, 6.45) is 0.572. The maximum absolute atomic E-state index is 11.5. The standard InChI is InChI=1S/C14H19N3O2/c1-8-7-17(5-4-12(8)18)9-2-3-10-11(6-9)16-14(19)13(10)15/h2-3,6,8,12-13,18H,4-5,7,15H2,1H3,(H,16,19). The molecular formula is C14H19N3O2. The average Bonchev–Trinajstić information content (AvgIpc) is 2.68. The van der Waals surface area contributed by atoms with E-state index >= 15 is 0 Å². The van der Waals surface area contributed by atoms with E-state index in [0.29, 0.717) is 0 Å². The van der Waals surface area contributed by atoms with Crippen molar-refractivity contribution in [1.29, 1.82) is 0 Å². The minimum absolute atomic E-state index is 0.144. The molecular weight excluding hydrogens is 242 g/mol. The third kappa shape index (κ3) is 2.09. The van der Waals surface area contributed by atoms with Crippen LogP contribution in [-0.4, -0.2) is 30.2 Å². The first-order chi connectivity index (χ1) is 9.06. The highest BCUT2D eigenvalue weighted by atomic mass is 16.3. The van der Waals surface area contributed by atoms with Gasteiger partial charge < -0.3 is 21.1 Å². The van der Waals surface area contributed by atoms with Crippen LogP contribution in [0.25, 0.3) is 0 Å². The molecule has 2 aliphatic heterocycles. The van der Waals surface area contributed by atoms with Crippen molar-refractivity contribution in [3.63, 3.8) is 0 Å². The second-order valence-electron chi connectivity index (χ2n) is 5.52. The summed E-state index contributed by atoms with van der Waals surface area (Å²) in [6, 6.07) is 5.35. The van der Waals surface area contributed by atoms with E-state index in [1.807, 2.05) is 18.2 Å². The van der Waals surface area contributed by atoms with Crippen LogP contribution in [0.5, 0.6) is 0 Å². The number of aliphatic hydroxyl groups excluding tert-OH is 1. The summed E-state index contributed by atoms with van der Waals surface area (Å²) in [6.45, 7) is 3.73. The quantitative estimate of drug-likeness (QED) is 0.700. The molecule has 2 aliphatic rings. The van der Waals surface area contributed by atoms with Gasteiger partial charge in [-0.25, -0.2) is 0 Å². The van der Waals surface area contributed by atoms with Crippen molar-refractivity contribution >= 4 is 17.3 Å². The zero-order valence-electron chi connectivity index (χ0n) is 11.0. The lowest BCUT2D eigenvalue weighted by Gasteiger charge is -2.36. The number of aliphatic hydroxyl groups is 1. The predicted molar refractivity (Wildman–Crippen MR) is 74.0 cm³/mol. The molecule has 1 saturated heterocycles. The fraction of sp³-hybridized carbons (Fsp3) is 0.500. The Morgan fingerprint density at radius 2 is 2.26 bits per heavy atom. The van der Waals surface area contributed by atoms with E-state index in [9.17, 15) is 9.90 Å². The largest absolute Gasteiger partial charge is 0.393 e. The minimum Gasteiger partial charge on any atom is -0.393 e. The molecule has 2 heterocycles. The third-order valence-electron chi connectivity index (χ3n) is 4.14. The first-order valence-corrected chi connectivity index (χ1v) is 6.69. The molecule has 0 radical (unpaired) electrons. The lowest BCUT2D eigenvalue weighted by atomic mass is 9.96. The van der Waals surface area contributed by atoms with E-state index in [1.165, 1.54) is 0 Å². The maximum atomic E-state index is 11.5. The fourth-order valence-corrected chi connectivity index (χ4v) is 2.84. The number of hydrogen-bond acceptors (Lipinski definition) is 4. The minimum atomic E-state index is -0.550. The molecule has 19 heavy (non-hydrogen) atoms. The highest BCUT2D eigenvalue weighted by molar-refractivity contribution is 6.02. The molecule has 0 bridgehead atoms. The smallest absolute Gasteiger partial charge is 0.245 e. The average molecular weight is 261 g/mol. The molecule has 0 aromatic heterocycles. The van der Waals surface area contributed by atoms with Crippen molar-refractivity contribution in [2.24, 2.45) is 11.7 Å². The van der Waals surface area contributed by atoms with Gasteiger partial charge in [-0.1, -0.05) is 13.0 Å². The molecule has 1 aromatic carbocycles. The van der Waals surface area contributed by atoms with Gasteiger partial charge in [0.15, 0.2) is 0 Å². The fourth-order valence-electron chi connectivity index (χ4n) is 2.84. The van der Waals surface area contributed by atoms with E-state index in [2.05, 4.69) is 17.1 Å². The molecule has 0 spiro atoms. The lowest BCUT2D eigenvalue weighted by molar-refractivity contribution is -0.116. The van der Waals surface area contributed by atoms with Gasteiger partial charge in [0.25, 0.3) is 0 Å². The number of carbonyl (C=O) groups is 1. The van der Waals surface area contributed by atoms with Crippen LogP contribution in [0.2, 0.25) is 0 Å². The van der Waals surface area contributed by atoms with E-state index < -0.39 is 6.04 Å². The SMILES string of the molecule is CC1CN(c2ccc3c(c2)NC(=O)C3N)CCC1O. The number of benzene rings is 1. The molecule has 3 unspecified atom stereocenters. The maximum Gasteiger partial charge on any atom is 0.245 e. The van der Waals surface area contributed by atoms with Crippen molar-refractivity contribution in [1.82, 2.24) is 0 Å². The van der Waals surface area contributed by atoms with E-state index in [4.69, 9.17) is 5.73 Å². The summed E-state index contributed by atoms with van der Waals surface area (Å²) in [5.41, 5.74) is 8.55. The van der Waals surface area contributed by atoms with Crippen LogP contribution in [0, 0.1) is 5.92 Å². The zero-order chi connectivity index (χ0) is 13.6. The number of hydrogen-bond donors (Lipinski definition) is 3. The number of nitrogens with one attached hydrogen (secondary N) is 1. The van der Waals surface area contributed by atoms with E-state index in [1.54, 1.807) is 0 Å². The zero-order valence-corrected chi connectivity index (χ0v) is 11.0. The molecule has 1 fully saturated rings. The Labute approximate surface area is 112 Å². The Kier molecular flexibility index (Phi) is 2.95. The van der Waals surface area contributed by atoms with Crippen LogP contribution in [0.1, 0.15) is 24.9 Å². The van der Waals surface area contributed by atoms with Crippen molar-refractivity contribution in [3.05, 3.63) is 23.8 Å². The number of nitrogens with two attached hydrogens (primary N) is 1. The van der Waals surface area contributed by atoms with Gasteiger partial charge in [-0.3, -0.25) is 4.79 Å². The first-order valence-electron chi connectivity index (χ1n) is 6.69. The summed E-state index contributed by atoms with van der Waals surface area (Å²) < 4.78 is 0. The Morgan fingerprint density at radius 3 is 3.00 bits per heavy atom. The number of piperidine rings is 1. The molecule has 3 rings (SSSR count). The third-order valence-corrected chi connectivity index (χ3v) is 4.14. The van der Waals surface area contributed by atoms with Gasteiger partial charge in [-0.15, -0.1) is 0 Å². The number of amides is 1. The molecule has 1 amide bonds. The van der Waals surface area contributed by atoms with Gasteiger partial charge >= 0.3 is 0 Å². The van der Waals surface area contributed by atoms with Crippen LogP contribution >= 0.6 is 0 Å². The summed E-state index contributed by atoms with van der Waals surface area (Å²) in [4.78, 5) is 13.8. The number of fused-ring (bicyclic) bond motifs is 1. The summed E-state index contributed by atoms with van der Waals surface area (Å²) >= 11 is 0. The number of nitrogens with zero attached hydrogens (tertiary/aromatic N) is 1. The lowest BCUT2D eigenvalue weighted by Crippen LogP contribution is -2.41. The summed E-state index contributed by atoms with van der Waals surface area (Å²) in [7, 11) is 0. The Balaban J connectivity index is 1.84. The molecule has 5 heteroatoms. The van der Waals surface area contributed by atoms with Crippen molar-refractivity contribution in [2.45, 2.75) is 25.5 Å². The molecule has 1 aromatic rings. The first kappa shape index (κ1) is 12.4. The molecule has 0 saturated carbocycles. The molecule has 4 N–H and O–H groups in total. The van der Waals surface area contributed by atoms with Crippen molar-refractivity contribution < 1.29 is 9.90 Å². The van der Waals surface area contributed by atoms with Gasteiger partial charge in [0.1, 0.15) is 6.04 Å². The van der Waals surface area contributed by atoms with Gasteiger partial charge in [0.2, 0.25) is 5.91 Å². The highest BCUT2D eigenvalue weighted by Gasteiger charge is 2.29. The molecule has 3 atom stereocenters. The predicted octanol–water partition coefficient (Wildman–Crippen LogP) is 0.846. The number of rotatable bonds is 1. The number of anilines is 2. The Morgan fingerprint density at radius 1 is 1.47 bits per heavy atom. The monoisotopic (exact) mass is 261 g/mol. The van der Waals surface area contributed by atoms with Crippen molar-refractivity contribution in [3.8, 4) is 0 Å². The van der Waals surface area contributed by atoms with Crippen LogP contribution < -0.4 is 16.0 Å². The van der Waals surface area contributed by atoms with Gasteiger partial charge in [-0.05, 0) is 24.5 Å². The molecule has 102 valence electrons. The number of carbonyl (C=O) groups excluding carboxylic acids is 1. The summed E-state index contributed by atoms with van der Waals surface area (Å²) in [5, 5.41) is 12.6. The van der Waals surface area contributed by atoms with E-state index in [0.717, 1.165) is 36.4 Å². The van der Waals surface area contributed by atoms with Crippen LogP contribution in [0.3, 0.4) is 0 Å². The Hall–Kier alpha value is -1.59. The van der Waals surface area contributed by atoms with Crippen LogP contribution in [0.4, 0.5) is 11.4 Å². The van der Waals surface area contributed by atoms with Gasteiger partial charge in [0.05, 0.1) is 6.10 Å². The topological polar surface area (TPSA) is 78.6 Å². The second-order valence-corrected chi connectivity index (χ2v) is 5.52. The van der Waals surface area contributed by atoms with Crippen LogP contribution in [-0.2, 0) is 4.79 Å². The second kappa shape index (κ2) is 4.51. The van der Waals surface area contributed by atoms with Gasteiger partial charge in [0, 0.05) is 30.0 Å². The summed E-state index contributed by atoms with van der Waals surface area (Å²) in [5.74, 6) is 0.119. The molecule has 0 aliphatic carbocycles. The van der Waals surface area contributed by atoms with Crippen LogP contribution in [0.15, 0.2) is 18.2 Å². The molecule has 5 nitrogen and oxygen atoms in total. The van der Waals surface area contributed by atoms with Gasteiger partial charge in [-0.2, -0.15) is 0 Å². The van der Waals surface area contributed by atoms with E-state index in [-0.39, 0.29) is 17.9 Å². The van der Waals surface area contributed by atoms with Crippen molar-refractivity contribution in [2.75, 3.05) is 23.3 Å². The normalized spacial score (nSPS) is 30.2. The Bertz CT molecular complexity index is 517.